The highest BCUT2D eigenvalue weighted by Gasteiger charge is 2.14. The van der Waals surface area contributed by atoms with Gasteiger partial charge >= 0.3 is 0 Å². The Bertz CT molecular complexity index is 809. The first kappa shape index (κ1) is 11.3. The van der Waals surface area contributed by atoms with Crippen LogP contribution in [0.25, 0.3) is 21.9 Å². The summed E-state index contributed by atoms with van der Waals surface area (Å²) < 4.78 is 0.965. The van der Waals surface area contributed by atoms with E-state index < -0.39 is 0 Å². The van der Waals surface area contributed by atoms with Gasteiger partial charge in [0.25, 0.3) is 5.56 Å². The standard InChI is InChI=1S/C14H12N4O/c15-13-12(9-4-2-1-3-5-9)10-6-7-17-8-11(10)14(19)18(13)16/h1-8H,15-16H2. The van der Waals surface area contributed by atoms with Crippen LogP contribution in [-0.2, 0) is 0 Å². The minimum Gasteiger partial charge on any atom is -0.383 e. The number of pyridine rings is 2. The third-order valence-corrected chi connectivity index (χ3v) is 3.12. The van der Waals surface area contributed by atoms with E-state index in [4.69, 9.17) is 11.6 Å². The molecule has 0 atom stereocenters. The molecule has 0 bridgehead atoms. The van der Waals surface area contributed by atoms with Crippen LogP contribution in [0.2, 0.25) is 0 Å². The molecule has 94 valence electrons. The molecule has 3 rings (SSSR count). The maximum absolute atomic E-state index is 12.1. The second kappa shape index (κ2) is 4.13. The number of aromatic nitrogens is 2. The van der Waals surface area contributed by atoms with E-state index in [0.29, 0.717) is 5.39 Å². The topological polar surface area (TPSA) is 86.9 Å². The van der Waals surface area contributed by atoms with Gasteiger partial charge in [-0.1, -0.05) is 30.3 Å². The molecular weight excluding hydrogens is 240 g/mol. The number of benzene rings is 1. The molecule has 4 N–H and O–H groups in total. The second-order valence-corrected chi connectivity index (χ2v) is 4.22. The van der Waals surface area contributed by atoms with Crippen molar-refractivity contribution in [3.05, 3.63) is 59.1 Å². The largest absolute Gasteiger partial charge is 0.383 e. The minimum absolute atomic E-state index is 0.245. The predicted molar refractivity (Wildman–Crippen MR) is 76.0 cm³/mol. The summed E-state index contributed by atoms with van der Waals surface area (Å²) in [6.07, 6.45) is 3.14. The summed E-state index contributed by atoms with van der Waals surface area (Å²) in [4.78, 5) is 16.0. The van der Waals surface area contributed by atoms with Gasteiger partial charge in [-0.2, -0.15) is 0 Å². The Morgan fingerprint density at radius 3 is 2.53 bits per heavy atom. The molecule has 3 aromatic rings. The highest BCUT2D eigenvalue weighted by molar-refractivity contribution is 6.00. The Balaban J connectivity index is 2.52. The summed E-state index contributed by atoms with van der Waals surface area (Å²) in [5.74, 6) is 5.98. The minimum atomic E-state index is -0.347. The van der Waals surface area contributed by atoms with E-state index in [0.717, 1.165) is 21.2 Å². The van der Waals surface area contributed by atoms with Crippen molar-refractivity contribution in [2.45, 2.75) is 0 Å². The van der Waals surface area contributed by atoms with Crippen LogP contribution in [-0.4, -0.2) is 9.66 Å². The molecular formula is C14H12N4O. The highest BCUT2D eigenvalue weighted by Crippen LogP contribution is 2.30. The molecule has 5 heteroatoms. The van der Waals surface area contributed by atoms with Gasteiger partial charge in [0.1, 0.15) is 5.82 Å². The Morgan fingerprint density at radius 1 is 1.05 bits per heavy atom. The lowest BCUT2D eigenvalue weighted by atomic mass is 10.0. The van der Waals surface area contributed by atoms with E-state index in [9.17, 15) is 4.79 Å². The van der Waals surface area contributed by atoms with Gasteiger partial charge in [0, 0.05) is 23.3 Å². The van der Waals surface area contributed by atoms with Crippen molar-refractivity contribution in [3.8, 4) is 11.1 Å². The Morgan fingerprint density at radius 2 is 1.79 bits per heavy atom. The lowest BCUT2D eigenvalue weighted by Crippen LogP contribution is -2.30. The highest BCUT2D eigenvalue weighted by atomic mass is 16.1. The fourth-order valence-corrected chi connectivity index (χ4v) is 2.19. The lowest BCUT2D eigenvalue weighted by Gasteiger charge is -2.13. The molecule has 0 aliphatic heterocycles. The number of hydrogen-bond acceptors (Lipinski definition) is 4. The van der Waals surface area contributed by atoms with E-state index in [1.54, 1.807) is 12.3 Å². The summed E-state index contributed by atoms with van der Waals surface area (Å²) in [5.41, 5.74) is 7.31. The summed E-state index contributed by atoms with van der Waals surface area (Å²) in [5, 5.41) is 1.21. The number of nitrogens with two attached hydrogens (primary N) is 2. The molecule has 0 radical (unpaired) electrons. The third kappa shape index (κ3) is 1.63. The number of fused-ring (bicyclic) bond motifs is 1. The zero-order valence-corrected chi connectivity index (χ0v) is 10.1. The van der Waals surface area contributed by atoms with Gasteiger partial charge in [0.2, 0.25) is 0 Å². The molecule has 0 fully saturated rings. The Hall–Kier alpha value is -2.82. The average Bonchev–Trinajstić information content (AvgIpc) is 2.46. The van der Waals surface area contributed by atoms with Crippen LogP contribution in [0.1, 0.15) is 0 Å². The van der Waals surface area contributed by atoms with Gasteiger partial charge < -0.3 is 11.6 Å². The summed E-state index contributed by atoms with van der Waals surface area (Å²) in [7, 11) is 0. The molecule has 0 aliphatic rings. The van der Waals surface area contributed by atoms with Crippen molar-refractivity contribution in [1.29, 1.82) is 0 Å². The van der Waals surface area contributed by atoms with Crippen LogP contribution in [0.3, 0.4) is 0 Å². The summed E-state index contributed by atoms with van der Waals surface area (Å²) in [6.45, 7) is 0. The third-order valence-electron chi connectivity index (χ3n) is 3.12. The molecule has 19 heavy (non-hydrogen) atoms. The molecule has 0 amide bonds. The molecule has 0 aliphatic carbocycles. The van der Waals surface area contributed by atoms with Crippen LogP contribution in [0.4, 0.5) is 5.82 Å². The Kier molecular flexibility index (Phi) is 2.45. The molecule has 5 nitrogen and oxygen atoms in total. The molecule has 0 spiro atoms. The molecule has 0 saturated carbocycles. The maximum atomic E-state index is 12.1. The first-order valence-corrected chi connectivity index (χ1v) is 5.79. The van der Waals surface area contributed by atoms with Gasteiger partial charge in [-0.25, -0.2) is 4.68 Å². The van der Waals surface area contributed by atoms with E-state index in [1.807, 2.05) is 30.3 Å². The SMILES string of the molecule is Nc1c(-c2ccccc2)c2ccncc2c(=O)n1N. The van der Waals surface area contributed by atoms with Crippen LogP contribution >= 0.6 is 0 Å². The maximum Gasteiger partial charge on any atom is 0.279 e. The smallest absolute Gasteiger partial charge is 0.279 e. The molecule has 0 unspecified atom stereocenters. The van der Waals surface area contributed by atoms with Crippen molar-refractivity contribution in [3.63, 3.8) is 0 Å². The second-order valence-electron chi connectivity index (χ2n) is 4.22. The fourth-order valence-electron chi connectivity index (χ4n) is 2.19. The summed E-state index contributed by atoms with van der Waals surface area (Å²) in [6, 6.07) is 11.4. The van der Waals surface area contributed by atoms with Crippen LogP contribution < -0.4 is 17.1 Å². The Labute approximate surface area is 109 Å². The van der Waals surface area contributed by atoms with E-state index in [-0.39, 0.29) is 11.4 Å². The van der Waals surface area contributed by atoms with Gasteiger partial charge in [-0.3, -0.25) is 9.78 Å². The first-order chi connectivity index (χ1) is 9.20. The normalized spacial score (nSPS) is 10.7. The fraction of sp³-hybridized carbons (Fsp3) is 0. The van der Waals surface area contributed by atoms with Crippen molar-refractivity contribution < 1.29 is 0 Å². The van der Waals surface area contributed by atoms with Gasteiger partial charge in [-0.05, 0) is 11.6 Å². The van der Waals surface area contributed by atoms with E-state index >= 15 is 0 Å². The molecule has 0 saturated heterocycles. The van der Waals surface area contributed by atoms with Gasteiger partial charge in [0.05, 0.1) is 5.39 Å². The molecule has 1 aromatic carbocycles. The van der Waals surface area contributed by atoms with Crippen LogP contribution in [0.5, 0.6) is 0 Å². The van der Waals surface area contributed by atoms with Crippen LogP contribution in [0, 0.1) is 0 Å². The van der Waals surface area contributed by atoms with Gasteiger partial charge in [0.15, 0.2) is 0 Å². The van der Waals surface area contributed by atoms with Crippen molar-refractivity contribution in [2.75, 3.05) is 11.6 Å². The number of anilines is 1. The number of rotatable bonds is 1. The van der Waals surface area contributed by atoms with Crippen molar-refractivity contribution in [1.82, 2.24) is 9.66 Å². The van der Waals surface area contributed by atoms with E-state index in [1.165, 1.54) is 6.20 Å². The molecule has 2 aromatic heterocycles. The zero-order chi connectivity index (χ0) is 13.4. The quantitative estimate of drug-likeness (QED) is 0.640. The number of nitrogens with zero attached hydrogens (tertiary/aromatic N) is 2. The van der Waals surface area contributed by atoms with Crippen molar-refractivity contribution >= 4 is 16.6 Å². The predicted octanol–water partition coefficient (Wildman–Crippen LogP) is 1.36. The first-order valence-electron chi connectivity index (χ1n) is 5.79. The number of hydrogen-bond donors (Lipinski definition) is 2. The lowest BCUT2D eigenvalue weighted by molar-refractivity contribution is 0.968. The number of nitrogen functional groups attached to an aromatic ring is 2. The van der Waals surface area contributed by atoms with Crippen molar-refractivity contribution in [2.24, 2.45) is 0 Å². The van der Waals surface area contributed by atoms with Gasteiger partial charge in [-0.15, -0.1) is 0 Å². The van der Waals surface area contributed by atoms with E-state index in [2.05, 4.69) is 4.98 Å². The van der Waals surface area contributed by atoms with Crippen LogP contribution in [0.15, 0.2) is 53.6 Å². The monoisotopic (exact) mass is 252 g/mol. The zero-order valence-electron chi connectivity index (χ0n) is 10.1. The summed E-state index contributed by atoms with van der Waals surface area (Å²) >= 11 is 0. The average molecular weight is 252 g/mol. The molecule has 2 heterocycles.